The van der Waals surface area contributed by atoms with Gasteiger partial charge in [0.05, 0.1) is 23.1 Å². The summed E-state index contributed by atoms with van der Waals surface area (Å²) in [6.07, 6.45) is 3.50. The molecule has 4 rings (SSSR count). The Hall–Kier alpha value is -2.73. The molecule has 0 saturated heterocycles. The van der Waals surface area contributed by atoms with Crippen molar-refractivity contribution in [3.8, 4) is 22.5 Å². The van der Waals surface area contributed by atoms with Gasteiger partial charge >= 0.3 is 0 Å². The van der Waals surface area contributed by atoms with Gasteiger partial charge in [0, 0.05) is 23.5 Å². The number of aromatic nitrogens is 5. The Morgan fingerprint density at radius 2 is 1.50 bits per heavy atom. The number of hydrogen-bond acceptors (Lipinski definition) is 6. The van der Waals surface area contributed by atoms with Gasteiger partial charge in [0.2, 0.25) is 11.3 Å². The highest BCUT2D eigenvalue weighted by Gasteiger charge is 2.15. The maximum Gasteiger partial charge on any atom is 0.213 e. The summed E-state index contributed by atoms with van der Waals surface area (Å²) in [5, 5.41) is 0. The molecule has 0 saturated carbocycles. The van der Waals surface area contributed by atoms with Gasteiger partial charge in [-0.1, -0.05) is 23.8 Å². The first-order valence-corrected chi connectivity index (χ1v) is 7.52. The first-order valence-electron chi connectivity index (χ1n) is 6.79. The maximum atomic E-state index is 4.68. The third-order valence-electron chi connectivity index (χ3n) is 3.36. The summed E-state index contributed by atoms with van der Waals surface area (Å²) < 4.78 is 8.41. The van der Waals surface area contributed by atoms with Crippen LogP contribution in [0.1, 0.15) is 5.56 Å². The summed E-state index contributed by atoms with van der Waals surface area (Å²) in [5.41, 5.74) is 5.94. The molecular weight excluding hydrogens is 294 g/mol. The second-order valence-corrected chi connectivity index (χ2v) is 5.47. The van der Waals surface area contributed by atoms with E-state index in [1.54, 1.807) is 12.4 Å². The summed E-state index contributed by atoms with van der Waals surface area (Å²) in [5.74, 6) is 0. The molecule has 1 aromatic carbocycles. The van der Waals surface area contributed by atoms with Crippen molar-refractivity contribution in [3.05, 3.63) is 54.4 Å². The average molecular weight is 305 g/mol. The fraction of sp³-hybridized carbons (Fsp3) is 0.0625. The van der Waals surface area contributed by atoms with Gasteiger partial charge in [-0.05, 0) is 25.1 Å². The number of nitrogens with zero attached hydrogens (tertiary/aromatic N) is 5. The fourth-order valence-corrected chi connectivity index (χ4v) is 2.78. The molecule has 0 N–H and O–H groups in total. The molecule has 22 heavy (non-hydrogen) atoms. The number of fused-ring (bicyclic) bond motifs is 1. The molecule has 4 aromatic rings. The van der Waals surface area contributed by atoms with Crippen molar-refractivity contribution in [2.24, 2.45) is 0 Å². The van der Waals surface area contributed by atoms with E-state index in [4.69, 9.17) is 0 Å². The SMILES string of the molecule is Cc1cccc(-c2nc3nsnc3nc2-c2ccncc2)c1. The monoisotopic (exact) mass is 305 g/mol. The third kappa shape index (κ3) is 2.23. The number of hydrogen-bond donors (Lipinski definition) is 0. The van der Waals surface area contributed by atoms with Crippen molar-refractivity contribution in [1.82, 2.24) is 23.7 Å². The van der Waals surface area contributed by atoms with Gasteiger partial charge in [0.25, 0.3) is 0 Å². The van der Waals surface area contributed by atoms with E-state index in [1.807, 2.05) is 24.3 Å². The third-order valence-corrected chi connectivity index (χ3v) is 3.87. The van der Waals surface area contributed by atoms with Gasteiger partial charge in [0.15, 0.2) is 0 Å². The van der Waals surface area contributed by atoms with Crippen LogP contribution < -0.4 is 0 Å². The predicted octanol–water partition coefficient (Wildman–Crippen LogP) is 3.52. The molecule has 106 valence electrons. The first kappa shape index (κ1) is 13.0. The van der Waals surface area contributed by atoms with E-state index in [0.717, 1.165) is 34.2 Å². The van der Waals surface area contributed by atoms with Crippen LogP contribution in [0.25, 0.3) is 33.8 Å². The molecule has 3 heterocycles. The summed E-state index contributed by atoms with van der Waals surface area (Å²) in [7, 11) is 0. The van der Waals surface area contributed by atoms with Crippen LogP contribution in [0.4, 0.5) is 0 Å². The van der Waals surface area contributed by atoms with Crippen LogP contribution >= 0.6 is 11.7 Å². The van der Waals surface area contributed by atoms with Gasteiger partial charge < -0.3 is 0 Å². The Labute approximate surface area is 131 Å². The highest BCUT2D eigenvalue weighted by Crippen LogP contribution is 2.30. The molecular formula is C16H11N5S. The minimum atomic E-state index is 0.577. The summed E-state index contributed by atoms with van der Waals surface area (Å²) in [4.78, 5) is 13.4. The molecule has 6 heteroatoms. The molecule has 0 unspecified atom stereocenters. The molecule has 0 aliphatic heterocycles. The van der Waals surface area contributed by atoms with Crippen LogP contribution in [0.3, 0.4) is 0 Å². The van der Waals surface area contributed by atoms with Crippen molar-refractivity contribution in [3.63, 3.8) is 0 Å². The normalized spacial score (nSPS) is 11.0. The van der Waals surface area contributed by atoms with Crippen LogP contribution in [0.15, 0.2) is 48.8 Å². The van der Waals surface area contributed by atoms with Crippen LogP contribution in [0.2, 0.25) is 0 Å². The zero-order chi connectivity index (χ0) is 14.9. The summed E-state index contributed by atoms with van der Waals surface area (Å²) >= 11 is 1.13. The van der Waals surface area contributed by atoms with Gasteiger partial charge in [-0.25, -0.2) is 9.97 Å². The standard InChI is InChI=1S/C16H11N5S/c1-10-3-2-4-12(9-10)14-13(11-5-7-17-8-6-11)18-15-16(19-14)21-22-20-15/h2-9H,1H3. The van der Waals surface area contributed by atoms with Gasteiger partial charge in [0.1, 0.15) is 0 Å². The lowest BCUT2D eigenvalue weighted by atomic mass is 10.0. The van der Waals surface area contributed by atoms with E-state index in [9.17, 15) is 0 Å². The Morgan fingerprint density at radius 3 is 2.18 bits per heavy atom. The van der Waals surface area contributed by atoms with Crippen molar-refractivity contribution in [2.75, 3.05) is 0 Å². The van der Waals surface area contributed by atoms with E-state index in [1.165, 1.54) is 5.56 Å². The number of aryl methyl sites for hydroxylation is 1. The molecule has 0 aliphatic carbocycles. The smallest absolute Gasteiger partial charge is 0.213 e. The molecule has 0 aliphatic rings. The minimum absolute atomic E-state index is 0.577. The van der Waals surface area contributed by atoms with E-state index in [0.29, 0.717) is 11.3 Å². The van der Waals surface area contributed by atoms with Crippen molar-refractivity contribution in [2.45, 2.75) is 6.92 Å². The quantitative estimate of drug-likeness (QED) is 0.567. The lowest BCUT2D eigenvalue weighted by Crippen LogP contribution is -1.95. The lowest BCUT2D eigenvalue weighted by Gasteiger charge is -2.08. The van der Waals surface area contributed by atoms with Crippen molar-refractivity contribution < 1.29 is 0 Å². The van der Waals surface area contributed by atoms with Crippen LogP contribution in [-0.4, -0.2) is 23.7 Å². The van der Waals surface area contributed by atoms with E-state index in [2.05, 4.69) is 42.8 Å². The second-order valence-electron chi connectivity index (χ2n) is 4.94. The number of benzene rings is 1. The minimum Gasteiger partial charge on any atom is -0.265 e. The molecule has 0 radical (unpaired) electrons. The van der Waals surface area contributed by atoms with Gasteiger partial charge in [-0.15, -0.1) is 0 Å². The number of rotatable bonds is 2. The topological polar surface area (TPSA) is 64.5 Å². The van der Waals surface area contributed by atoms with Crippen LogP contribution in [0.5, 0.6) is 0 Å². The maximum absolute atomic E-state index is 4.68. The Bertz CT molecular complexity index is 949. The fourth-order valence-electron chi connectivity index (χ4n) is 2.34. The Morgan fingerprint density at radius 1 is 0.818 bits per heavy atom. The predicted molar refractivity (Wildman–Crippen MR) is 86.4 cm³/mol. The molecule has 3 aromatic heterocycles. The average Bonchev–Trinajstić information content (AvgIpc) is 3.02. The molecule has 0 spiro atoms. The molecule has 0 amide bonds. The van der Waals surface area contributed by atoms with E-state index in [-0.39, 0.29) is 0 Å². The summed E-state index contributed by atoms with van der Waals surface area (Å²) in [6.45, 7) is 2.06. The highest BCUT2D eigenvalue weighted by molar-refractivity contribution is 6.99. The van der Waals surface area contributed by atoms with E-state index >= 15 is 0 Å². The van der Waals surface area contributed by atoms with Gasteiger partial charge in [-0.3, -0.25) is 4.98 Å². The van der Waals surface area contributed by atoms with Crippen molar-refractivity contribution in [1.29, 1.82) is 0 Å². The zero-order valence-corrected chi connectivity index (χ0v) is 12.6. The van der Waals surface area contributed by atoms with Crippen molar-refractivity contribution >= 4 is 23.0 Å². The van der Waals surface area contributed by atoms with Crippen LogP contribution in [0, 0.1) is 6.92 Å². The lowest BCUT2D eigenvalue weighted by molar-refractivity contribution is 1.24. The molecule has 5 nitrogen and oxygen atoms in total. The molecule has 0 atom stereocenters. The second kappa shape index (κ2) is 5.23. The Kier molecular flexibility index (Phi) is 3.08. The molecule has 0 bridgehead atoms. The van der Waals surface area contributed by atoms with Gasteiger partial charge in [-0.2, -0.15) is 8.75 Å². The molecule has 0 fully saturated rings. The number of pyridine rings is 1. The largest absolute Gasteiger partial charge is 0.265 e. The summed E-state index contributed by atoms with van der Waals surface area (Å²) in [6, 6.07) is 12.1. The highest BCUT2D eigenvalue weighted by atomic mass is 32.1. The Balaban J connectivity index is 2.03. The van der Waals surface area contributed by atoms with E-state index < -0.39 is 0 Å². The first-order chi connectivity index (χ1) is 10.8. The van der Waals surface area contributed by atoms with Crippen LogP contribution in [-0.2, 0) is 0 Å². The zero-order valence-electron chi connectivity index (χ0n) is 11.8.